The number of halogens is 1. The Hall–Kier alpha value is -1.58. The fraction of sp³-hybridized carbons (Fsp3) is 0.300. The van der Waals surface area contributed by atoms with Gasteiger partial charge < -0.3 is 11.1 Å². The number of nitrogens with two attached hydrogens (primary N) is 1. The normalized spacial score (nSPS) is 8.57. The maximum absolute atomic E-state index is 12.5. The Labute approximate surface area is 83.6 Å². The molecule has 3 nitrogen and oxygen atoms in total. The highest BCUT2D eigenvalue weighted by atomic mass is 19.1. The average Bonchev–Trinajstić information content (AvgIpc) is 2.20. The molecular formula is C10H16FN3. The number of anilines is 2. The predicted octanol–water partition coefficient (Wildman–Crippen LogP) is 2.63. The Morgan fingerprint density at radius 2 is 2.00 bits per heavy atom. The van der Waals surface area contributed by atoms with Gasteiger partial charge in [0.1, 0.15) is 0 Å². The molecule has 0 aliphatic carbocycles. The molecule has 0 aliphatic heterocycles. The van der Waals surface area contributed by atoms with Gasteiger partial charge in [-0.3, -0.25) is 5.41 Å². The third-order valence-electron chi connectivity index (χ3n) is 1.55. The third-order valence-corrected chi connectivity index (χ3v) is 1.55. The van der Waals surface area contributed by atoms with Gasteiger partial charge in [-0.15, -0.1) is 0 Å². The molecule has 0 radical (unpaired) electrons. The average molecular weight is 197 g/mol. The first kappa shape index (κ1) is 12.4. The van der Waals surface area contributed by atoms with Gasteiger partial charge in [0.15, 0.2) is 0 Å². The van der Waals surface area contributed by atoms with Crippen LogP contribution in [0.2, 0.25) is 0 Å². The highest BCUT2D eigenvalue weighted by Gasteiger charge is 2.05. The van der Waals surface area contributed by atoms with Crippen molar-refractivity contribution < 1.29 is 4.39 Å². The minimum Gasteiger partial charge on any atom is -0.399 e. The summed E-state index contributed by atoms with van der Waals surface area (Å²) in [6, 6.07) is 4.71. The maximum atomic E-state index is 12.5. The Bertz CT molecular complexity index is 310. The lowest BCUT2D eigenvalue weighted by Gasteiger charge is -2.05. The zero-order chi connectivity index (χ0) is 11.1. The molecular weight excluding hydrogens is 181 g/mol. The van der Waals surface area contributed by atoms with Gasteiger partial charge in [-0.2, -0.15) is 4.39 Å². The van der Waals surface area contributed by atoms with Crippen molar-refractivity contribution in [3.8, 4) is 0 Å². The summed E-state index contributed by atoms with van der Waals surface area (Å²) >= 11 is 0. The van der Waals surface area contributed by atoms with Crippen LogP contribution in [0.25, 0.3) is 0 Å². The molecule has 0 fully saturated rings. The number of hydrogen-bond acceptors (Lipinski definition) is 3. The van der Waals surface area contributed by atoms with Crippen LogP contribution in [-0.2, 0) is 0 Å². The predicted molar refractivity (Wildman–Crippen MR) is 59.7 cm³/mol. The van der Waals surface area contributed by atoms with E-state index in [1.807, 2.05) is 13.8 Å². The summed E-state index contributed by atoms with van der Waals surface area (Å²) < 4.78 is 12.5. The molecule has 0 heterocycles. The number of hydrogen-bond donors (Lipinski definition) is 3. The summed E-state index contributed by atoms with van der Waals surface area (Å²) in [5, 5.41) is 9.58. The molecule has 4 heteroatoms. The van der Waals surface area contributed by atoms with Crippen molar-refractivity contribution in [2.24, 2.45) is 0 Å². The van der Waals surface area contributed by atoms with E-state index in [0.29, 0.717) is 11.4 Å². The molecule has 0 saturated carbocycles. The summed E-state index contributed by atoms with van der Waals surface area (Å²) in [5.74, 6) is -0.980. The first-order chi connectivity index (χ1) is 6.65. The zero-order valence-corrected chi connectivity index (χ0v) is 8.69. The van der Waals surface area contributed by atoms with Crippen molar-refractivity contribution in [1.82, 2.24) is 0 Å². The van der Waals surface area contributed by atoms with E-state index >= 15 is 0 Å². The van der Waals surface area contributed by atoms with Crippen molar-refractivity contribution in [2.75, 3.05) is 18.1 Å². The summed E-state index contributed by atoms with van der Waals surface area (Å²) in [6.07, 6.45) is 0. The molecule has 0 unspecified atom stereocenters. The zero-order valence-electron chi connectivity index (χ0n) is 8.69. The molecule has 1 aromatic carbocycles. The molecule has 0 atom stereocenters. The Balaban J connectivity index is 0.000000791. The van der Waals surface area contributed by atoms with Gasteiger partial charge in [0.2, 0.25) is 5.97 Å². The largest absolute Gasteiger partial charge is 0.399 e. The van der Waals surface area contributed by atoms with E-state index in [0.717, 1.165) is 0 Å². The van der Waals surface area contributed by atoms with E-state index in [1.54, 1.807) is 19.2 Å². The number of rotatable bonds is 2. The molecule has 0 saturated heterocycles. The molecule has 1 aromatic rings. The molecule has 0 aliphatic rings. The SMILES string of the molecule is CC.CNc1ccc(N)cc1C(=N)F. The third kappa shape index (κ3) is 3.05. The molecule has 0 amide bonds. The monoisotopic (exact) mass is 197 g/mol. The molecule has 78 valence electrons. The van der Waals surface area contributed by atoms with Crippen molar-refractivity contribution in [2.45, 2.75) is 13.8 Å². The lowest BCUT2D eigenvalue weighted by molar-refractivity contribution is 0.798. The van der Waals surface area contributed by atoms with E-state index in [2.05, 4.69) is 5.32 Å². The fourth-order valence-electron chi connectivity index (χ4n) is 0.961. The molecule has 1 rings (SSSR count). The van der Waals surface area contributed by atoms with Crippen LogP contribution in [0, 0.1) is 5.41 Å². The standard InChI is InChI=1S/C8H10FN3.C2H6/c1-12-7-3-2-5(10)4-6(7)8(9)11;1-2/h2-4,11-12H,10H2,1H3;1-2H3. The summed E-state index contributed by atoms with van der Waals surface area (Å²) in [7, 11) is 1.66. The van der Waals surface area contributed by atoms with Crippen LogP contribution in [0.3, 0.4) is 0 Å². The van der Waals surface area contributed by atoms with Gasteiger partial charge in [0.05, 0.1) is 5.56 Å². The maximum Gasteiger partial charge on any atom is 0.214 e. The van der Waals surface area contributed by atoms with Crippen molar-refractivity contribution >= 4 is 17.3 Å². The van der Waals surface area contributed by atoms with Crippen LogP contribution in [0.4, 0.5) is 15.8 Å². The molecule has 0 bridgehead atoms. The topological polar surface area (TPSA) is 61.9 Å². The lowest BCUT2D eigenvalue weighted by atomic mass is 10.1. The van der Waals surface area contributed by atoms with Crippen molar-refractivity contribution in [3.63, 3.8) is 0 Å². The second-order valence-electron chi connectivity index (χ2n) is 2.37. The van der Waals surface area contributed by atoms with Gasteiger partial charge in [-0.25, -0.2) is 0 Å². The highest BCUT2D eigenvalue weighted by Crippen LogP contribution is 2.18. The van der Waals surface area contributed by atoms with E-state index in [-0.39, 0.29) is 5.56 Å². The van der Waals surface area contributed by atoms with E-state index in [9.17, 15) is 4.39 Å². The number of nitrogens with one attached hydrogen (secondary N) is 2. The minimum atomic E-state index is -0.980. The van der Waals surface area contributed by atoms with Crippen LogP contribution in [0.15, 0.2) is 18.2 Å². The summed E-state index contributed by atoms with van der Waals surface area (Å²) in [6.45, 7) is 4.00. The van der Waals surface area contributed by atoms with Crippen LogP contribution in [0.5, 0.6) is 0 Å². The number of nitrogen functional groups attached to an aromatic ring is 1. The van der Waals surface area contributed by atoms with Gasteiger partial charge in [0, 0.05) is 18.4 Å². The number of benzene rings is 1. The molecule has 0 spiro atoms. The Morgan fingerprint density at radius 1 is 1.43 bits per heavy atom. The van der Waals surface area contributed by atoms with E-state index in [1.165, 1.54) is 6.07 Å². The van der Waals surface area contributed by atoms with Crippen molar-refractivity contribution in [1.29, 1.82) is 5.41 Å². The smallest absolute Gasteiger partial charge is 0.214 e. The van der Waals surface area contributed by atoms with Gasteiger partial charge in [0.25, 0.3) is 0 Å². The van der Waals surface area contributed by atoms with E-state index < -0.39 is 5.97 Å². The first-order valence-electron chi connectivity index (χ1n) is 4.47. The fourth-order valence-corrected chi connectivity index (χ4v) is 0.961. The Morgan fingerprint density at radius 3 is 2.43 bits per heavy atom. The van der Waals surface area contributed by atoms with Crippen LogP contribution < -0.4 is 11.1 Å². The molecule has 4 N–H and O–H groups in total. The molecule has 0 aromatic heterocycles. The Kier molecular flexibility index (Phi) is 5.29. The lowest BCUT2D eigenvalue weighted by Crippen LogP contribution is -2.00. The van der Waals surface area contributed by atoms with Gasteiger partial charge >= 0.3 is 0 Å². The van der Waals surface area contributed by atoms with Crippen LogP contribution in [0.1, 0.15) is 19.4 Å². The second kappa shape index (κ2) is 5.96. The van der Waals surface area contributed by atoms with Gasteiger partial charge in [-0.1, -0.05) is 13.8 Å². The first-order valence-corrected chi connectivity index (χ1v) is 4.47. The quantitative estimate of drug-likeness (QED) is 0.504. The molecule has 14 heavy (non-hydrogen) atoms. The summed E-state index contributed by atoms with van der Waals surface area (Å²) in [4.78, 5) is 0. The van der Waals surface area contributed by atoms with Crippen LogP contribution >= 0.6 is 0 Å². The summed E-state index contributed by atoms with van der Waals surface area (Å²) in [5.41, 5.74) is 6.64. The van der Waals surface area contributed by atoms with Crippen molar-refractivity contribution in [3.05, 3.63) is 23.8 Å². The second-order valence-corrected chi connectivity index (χ2v) is 2.37. The van der Waals surface area contributed by atoms with E-state index in [4.69, 9.17) is 11.1 Å². The highest BCUT2D eigenvalue weighted by molar-refractivity contribution is 5.97. The van der Waals surface area contributed by atoms with Crippen LogP contribution in [-0.4, -0.2) is 13.0 Å². The minimum absolute atomic E-state index is 0.192. The van der Waals surface area contributed by atoms with Gasteiger partial charge in [-0.05, 0) is 18.2 Å².